The van der Waals surface area contributed by atoms with Gasteiger partial charge in [-0.3, -0.25) is 0 Å². The Labute approximate surface area is 86.6 Å². The summed E-state index contributed by atoms with van der Waals surface area (Å²) in [6.07, 6.45) is -4.64. The third-order valence-corrected chi connectivity index (χ3v) is 1.50. The lowest BCUT2D eigenvalue weighted by molar-refractivity contribution is -0.0391. The molecule has 0 amide bonds. The largest absolute Gasteiger partial charge is 0.508 e. The molecule has 0 aliphatic heterocycles. The molecule has 0 spiro atoms. The van der Waals surface area contributed by atoms with Gasteiger partial charge in [0.15, 0.2) is 12.3 Å². The van der Waals surface area contributed by atoms with Crippen LogP contribution < -0.4 is 0 Å². The molecular formula is C8H14FNO5. The Morgan fingerprint density at radius 2 is 2.13 bits per heavy atom. The summed E-state index contributed by atoms with van der Waals surface area (Å²) >= 11 is 0. The summed E-state index contributed by atoms with van der Waals surface area (Å²) in [5.74, 6) is 0. The lowest BCUT2D eigenvalue weighted by atomic mass is 10.1. The van der Waals surface area contributed by atoms with Gasteiger partial charge in [-0.05, 0) is 6.92 Å². The zero-order chi connectivity index (χ0) is 11.8. The topological polar surface area (TPSA) is 77.4 Å². The van der Waals surface area contributed by atoms with Crippen LogP contribution in [0.1, 0.15) is 6.92 Å². The van der Waals surface area contributed by atoms with Crippen molar-refractivity contribution in [3.05, 3.63) is 0 Å². The van der Waals surface area contributed by atoms with Crippen LogP contribution in [0.25, 0.3) is 0 Å². The van der Waals surface area contributed by atoms with Crippen molar-refractivity contribution in [1.82, 2.24) is 0 Å². The molecule has 0 bridgehead atoms. The van der Waals surface area contributed by atoms with Crippen molar-refractivity contribution < 1.29 is 28.6 Å². The van der Waals surface area contributed by atoms with Gasteiger partial charge in [-0.2, -0.15) is 0 Å². The van der Waals surface area contributed by atoms with E-state index in [0.29, 0.717) is 0 Å². The van der Waals surface area contributed by atoms with E-state index in [1.165, 1.54) is 14.0 Å². The number of halogens is 1. The van der Waals surface area contributed by atoms with Gasteiger partial charge in [0.25, 0.3) is 0 Å². The van der Waals surface area contributed by atoms with Crippen LogP contribution in [0.3, 0.4) is 0 Å². The third kappa shape index (κ3) is 5.16. The second-order valence-corrected chi connectivity index (χ2v) is 2.66. The molecule has 0 fully saturated rings. The Morgan fingerprint density at radius 3 is 2.53 bits per heavy atom. The summed E-state index contributed by atoms with van der Waals surface area (Å²) in [6.45, 7) is 1.28. The number of aliphatic hydroxyl groups excluding tert-OH is 1. The molecule has 0 aromatic rings. The number of carbonyl (C=O) groups excluding carboxylic acids is 1. The first-order valence-corrected chi connectivity index (χ1v) is 4.16. The van der Waals surface area contributed by atoms with Crippen molar-refractivity contribution in [2.75, 3.05) is 14.2 Å². The van der Waals surface area contributed by atoms with E-state index in [2.05, 4.69) is 19.5 Å². The SMILES string of the molecule is CO/N=C/[C@@H](F)[C@H](OC(=O)OC)[C@@H](C)O. The molecule has 0 saturated heterocycles. The number of nitrogens with zero attached hydrogens (tertiary/aromatic N) is 1. The lowest BCUT2D eigenvalue weighted by Gasteiger charge is -2.20. The molecule has 0 radical (unpaired) electrons. The average Bonchev–Trinajstić information content (AvgIpc) is 2.21. The predicted octanol–water partition coefficient (Wildman–Crippen LogP) is 0.489. The van der Waals surface area contributed by atoms with Gasteiger partial charge in [0.1, 0.15) is 7.11 Å². The van der Waals surface area contributed by atoms with E-state index in [1.54, 1.807) is 0 Å². The highest BCUT2D eigenvalue weighted by Gasteiger charge is 2.29. The minimum atomic E-state index is -1.77. The molecule has 1 N–H and O–H groups in total. The smallest absolute Gasteiger partial charge is 0.438 e. The number of aliphatic hydroxyl groups is 1. The molecule has 0 aliphatic rings. The van der Waals surface area contributed by atoms with Gasteiger partial charge in [0.2, 0.25) is 0 Å². The van der Waals surface area contributed by atoms with Crippen molar-refractivity contribution in [2.45, 2.75) is 25.3 Å². The number of oxime groups is 1. The molecule has 0 aromatic carbocycles. The number of hydrogen-bond donors (Lipinski definition) is 1. The first-order chi connectivity index (χ1) is 7.02. The average molecular weight is 223 g/mol. The molecule has 0 unspecified atom stereocenters. The van der Waals surface area contributed by atoms with E-state index >= 15 is 0 Å². The lowest BCUT2D eigenvalue weighted by Crippen LogP contribution is -2.38. The van der Waals surface area contributed by atoms with E-state index in [1.807, 2.05) is 0 Å². The fourth-order valence-electron chi connectivity index (χ4n) is 0.793. The number of ether oxygens (including phenoxy) is 2. The summed E-state index contributed by atoms with van der Waals surface area (Å²) in [4.78, 5) is 15.0. The van der Waals surface area contributed by atoms with Crippen molar-refractivity contribution in [3.8, 4) is 0 Å². The Kier molecular flexibility index (Phi) is 6.35. The van der Waals surface area contributed by atoms with Crippen LogP contribution in [0, 0.1) is 0 Å². The number of carbonyl (C=O) groups is 1. The standard InChI is InChI=1S/C8H14FNO5/c1-5(11)7(15-8(12)13-2)6(9)4-10-14-3/h4-7,11H,1-3H3/b10-4+/t5-,6-,7-/m1/s1. The highest BCUT2D eigenvalue weighted by molar-refractivity contribution is 5.65. The normalized spacial score (nSPS) is 16.9. The van der Waals surface area contributed by atoms with Crippen molar-refractivity contribution in [3.63, 3.8) is 0 Å². The summed E-state index contributed by atoms with van der Waals surface area (Å²) in [5.41, 5.74) is 0. The predicted molar refractivity (Wildman–Crippen MR) is 49.4 cm³/mol. The fourth-order valence-corrected chi connectivity index (χ4v) is 0.793. The molecule has 0 heterocycles. The minimum absolute atomic E-state index is 0.778. The van der Waals surface area contributed by atoms with Crippen LogP contribution in [0.2, 0.25) is 0 Å². The van der Waals surface area contributed by atoms with Crippen LogP contribution in [0.4, 0.5) is 9.18 Å². The van der Waals surface area contributed by atoms with Crippen LogP contribution >= 0.6 is 0 Å². The fraction of sp³-hybridized carbons (Fsp3) is 0.750. The first kappa shape index (κ1) is 13.6. The van der Waals surface area contributed by atoms with E-state index in [9.17, 15) is 9.18 Å². The van der Waals surface area contributed by atoms with Gasteiger partial charge in [0, 0.05) is 0 Å². The van der Waals surface area contributed by atoms with Gasteiger partial charge in [-0.15, -0.1) is 0 Å². The molecule has 7 heteroatoms. The van der Waals surface area contributed by atoms with Crippen molar-refractivity contribution >= 4 is 12.4 Å². The van der Waals surface area contributed by atoms with Crippen molar-refractivity contribution in [2.24, 2.45) is 5.16 Å². The highest BCUT2D eigenvalue weighted by Crippen LogP contribution is 2.09. The molecule has 6 nitrogen and oxygen atoms in total. The summed E-state index contributed by atoms with van der Waals surface area (Å²) in [6, 6.07) is 0. The third-order valence-electron chi connectivity index (χ3n) is 1.50. The Bertz CT molecular complexity index is 221. The number of methoxy groups -OCH3 is 1. The molecule has 3 atom stereocenters. The molecule has 88 valence electrons. The van der Waals surface area contributed by atoms with Crippen LogP contribution in [-0.2, 0) is 14.3 Å². The summed E-state index contributed by atoms with van der Waals surface area (Å²) in [5, 5.41) is 12.3. The monoisotopic (exact) mass is 223 g/mol. The summed E-state index contributed by atoms with van der Waals surface area (Å²) in [7, 11) is 2.32. The summed E-state index contributed by atoms with van der Waals surface area (Å²) < 4.78 is 21.9. The van der Waals surface area contributed by atoms with Crippen molar-refractivity contribution in [1.29, 1.82) is 0 Å². The van der Waals surface area contributed by atoms with Gasteiger partial charge in [-0.1, -0.05) is 5.16 Å². The maximum absolute atomic E-state index is 13.3. The maximum Gasteiger partial charge on any atom is 0.508 e. The number of hydrogen-bond acceptors (Lipinski definition) is 6. The van der Waals surface area contributed by atoms with Crippen LogP contribution in [-0.4, -0.2) is 50.1 Å². The highest BCUT2D eigenvalue weighted by atomic mass is 19.1. The zero-order valence-electron chi connectivity index (χ0n) is 8.71. The Hall–Kier alpha value is -1.37. The number of alkyl halides is 1. The molecule has 0 saturated carbocycles. The second-order valence-electron chi connectivity index (χ2n) is 2.66. The Morgan fingerprint density at radius 1 is 1.53 bits per heavy atom. The molecule has 15 heavy (non-hydrogen) atoms. The maximum atomic E-state index is 13.3. The van der Waals surface area contributed by atoms with E-state index in [0.717, 1.165) is 13.3 Å². The van der Waals surface area contributed by atoms with E-state index < -0.39 is 24.5 Å². The molecule has 0 aromatic heterocycles. The molecule has 0 aliphatic carbocycles. The quantitative estimate of drug-likeness (QED) is 0.417. The zero-order valence-corrected chi connectivity index (χ0v) is 8.71. The van der Waals surface area contributed by atoms with E-state index in [4.69, 9.17) is 5.11 Å². The minimum Gasteiger partial charge on any atom is -0.438 e. The van der Waals surface area contributed by atoms with Gasteiger partial charge in [0.05, 0.1) is 19.4 Å². The van der Waals surface area contributed by atoms with Crippen LogP contribution in [0.5, 0.6) is 0 Å². The molecule has 0 rings (SSSR count). The van der Waals surface area contributed by atoms with Gasteiger partial charge < -0.3 is 19.4 Å². The first-order valence-electron chi connectivity index (χ1n) is 4.16. The van der Waals surface area contributed by atoms with Gasteiger partial charge in [-0.25, -0.2) is 9.18 Å². The van der Waals surface area contributed by atoms with Gasteiger partial charge >= 0.3 is 6.16 Å². The van der Waals surface area contributed by atoms with Crippen LogP contribution in [0.15, 0.2) is 5.16 Å². The number of rotatable bonds is 5. The Balaban J connectivity index is 4.37. The van der Waals surface area contributed by atoms with E-state index in [-0.39, 0.29) is 0 Å². The second kappa shape index (κ2) is 6.99. The molecular weight excluding hydrogens is 209 g/mol.